The maximum Gasteiger partial charge on any atom is 0.283 e. The molecule has 0 aliphatic heterocycles. The molecule has 9 heteroatoms. The Morgan fingerprint density at radius 2 is 1.73 bits per heavy atom. The zero-order valence-corrected chi connectivity index (χ0v) is 13.0. The number of nitro groups is 1. The van der Waals surface area contributed by atoms with Crippen molar-refractivity contribution in [3.63, 3.8) is 0 Å². The molecule has 0 unspecified atom stereocenters. The molecule has 0 aliphatic carbocycles. The number of nitrogens with two attached hydrogens (primary N) is 1. The fraction of sp³-hybridized carbons (Fsp3) is 0. The summed E-state index contributed by atoms with van der Waals surface area (Å²) in [5, 5.41) is 13.9. The number of carbonyl (C=O) groups is 1. The van der Waals surface area contributed by atoms with E-state index in [1.807, 2.05) is 0 Å². The Morgan fingerprint density at radius 3 is 2.27 bits per heavy atom. The molecule has 0 fully saturated rings. The van der Waals surface area contributed by atoms with Gasteiger partial charge in [-0.25, -0.2) is 0 Å². The molecule has 0 atom stereocenters. The molecule has 0 heterocycles. The smallest absolute Gasteiger partial charge is 0.283 e. The highest BCUT2D eigenvalue weighted by Crippen LogP contribution is 2.32. The molecule has 0 aromatic heterocycles. The highest BCUT2D eigenvalue weighted by Gasteiger charge is 2.21. The van der Waals surface area contributed by atoms with Gasteiger partial charge in [0.25, 0.3) is 11.6 Å². The number of nitrogens with zero attached hydrogens (tertiary/aromatic N) is 1. The molecular formula is C13H8Cl3N3O3. The number of carbonyl (C=O) groups excluding carboxylic acids is 1. The van der Waals surface area contributed by atoms with Gasteiger partial charge in [-0.05, 0) is 24.3 Å². The number of amides is 1. The van der Waals surface area contributed by atoms with Gasteiger partial charge in [0.1, 0.15) is 5.56 Å². The lowest BCUT2D eigenvalue weighted by molar-refractivity contribution is -0.385. The molecule has 3 N–H and O–H groups in total. The van der Waals surface area contributed by atoms with Gasteiger partial charge in [-0.1, -0.05) is 34.8 Å². The first-order chi connectivity index (χ1) is 10.3. The lowest BCUT2D eigenvalue weighted by Gasteiger charge is -2.09. The third-order valence-electron chi connectivity index (χ3n) is 2.74. The van der Waals surface area contributed by atoms with E-state index in [2.05, 4.69) is 5.32 Å². The Labute approximate surface area is 139 Å². The minimum Gasteiger partial charge on any atom is -0.396 e. The summed E-state index contributed by atoms with van der Waals surface area (Å²) in [4.78, 5) is 22.5. The van der Waals surface area contributed by atoms with Crippen molar-refractivity contribution < 1.29 is 9.72 Å². The number of rotatable bonds is 3. The second kappa shape index (κ2) is 6.39. The summed E-state index contributed by atoms with van der Waals surface area (Å²) in [5.74, 6) is -0.694. The summed E-state index contributed by atoms with van der Waals surface area (Å²) in [5.41, 5.74) is 5.49. The van der Waals surface area contributed by atoms with Crippen LogP contribution in [0.15, 0.2) is 30.3 Å². The Hall–Kier alpha value is -2.02. The number of nitro benzene ring substituents is 1. The van der Waals surface area contributed by atoms with Crippen LogP contribution in [0.4, 0.5) is 17.1 Å². The number of anilines is 2. The molecule has 22 heavy (non-hydrogen) atoms. The van der Waals surface area contributed by atoms with Crippen LogP contribution in [-0.2, 0) is 0 Å². The van der Waals surface area contributed by atoms with Gasteiger partial charge >= 0.3 is 0 Å². The molecule has 0 saturated carbocycles. The number of hydrogen-bond donors (Lipinski definition) is 2. The molecule has 6 nitrogen and oxygen atoms in total. The van der Waals surface area contributed by atoms with Crippen LogP contribution in [0.5, 0.6) is 0 Å². The van der Waals surface area contributed by atoms with Crippen LogP contribution in [0.2, 0.25) is 15.1 Å². The van der Waals surface area contributed by atoms with Gasteiger partial charge in [0, 0.05) is 16.8 Å². The highest BCUT2D eigenvalue weighted by molar-refractivity contribution is 6.39. The average molecular weight is 361 g/mol. The zero-order chi connectivity index (χ0) is 16.4. The molecule has 0 aliphatic rings. The second-order valence-electron chi connectivity index (χ2n) is 4.23. The van der Waals surface area contributed by atoms with E-state index in [0.29, 0.717) is 0 Å². The van der Waals surface area contributed by atoms with Crippen LogP contribution >= 0.6 is 34.8 Å². The SMILES string of the molecule is Nc1c(Cl)cc(NC(=O)c2ccc(Cl)cc2[N+](=O)[O-])cc1Cl. The lowest BCUT2D eigenvalue weighted by atomic mass is 10.1. The van der Waals surface area contributed by atoms with Gasteiger partial charge in [-0.3, -0.25) is 14.9 Å². The number of benzene rings is 2. The minimum atomic E-state index is -0.694. The number of halogens is 3. The number of hydrogen-bond acceptors (Lipinski definition) is 4. The fourth-order valence-corrected chi connectivity index (χ4v) is 2.36. The maximum absolute atomic E-state index is 12.2. The van der Waals surface area contributed by atoms with Crippen molar-refractivity contribution in [1.29, 1.82) is 0 Å². The number of nitrogens with one attached hydrogen (secondary N) is 1. The molecule has 0 spiro atoms. The maximum atomic E-state index is 12.2. The van der Waals surface area contributed by atoms with Crippen molar-refractivity contribution in [1.82, 2.24) is 0 Å². The zero-order valence-electron chi connectivity index (χ0n) is 10.8. The Kier molecular flexibility index (Phi) is 4.75. The standard InChI is InChI=1S/C13H8Cl3N3O3/c14-6-1-2-8(11(3-6)19(21)22)13(20)18-7-4-9(15)12(17)10(16)5-7/h1-5H,17H2,(H,18,20). The number of nitrogen functional groups attached to an aromatic ring is 1. The third-order valence-corrected chi connectivity index (χ3v) is 3.60. The van der Waals surface area contributed by atoms with Gasteiger partial charge in [-0.15, -0.1) is 0 Å². The van der Waals surface area contributed by atoms with Crippen LogP contribution in [0.25, 0.3) is 0 Å². The summed E-state index contributed by atoms with van der Waals surface area (Å²) >= 11 is 17.4. The lowest BCUT2D eigenvalue weighted by Crippen LogP contribution is -2.14. The summed E-state index contributed by atoms with van der Waals surface area (Å²) < 4.78 is 0. The predicted molar refractivity (Wildman–Crippen MR) is 86.9 cm³/mol. The van der Waals surface area contributed by atoms with Gasteiger partial charge < -0.3 is 11.1 Å². The topological polar surface area (TPSA) is 98.3 Å². The largest absolute Gasteiger partial charge is 0.396 e. The van der Waals surface area contributed by atoms with Crippen molar-refractivity contribution in [2.45, 2.75) is 0 Å². The predicted octanol–water partition coefficient (Wildman–Crippen LogP) is 4.39. The van der Waals surface area contributed by atoms with E-state index in [-0.39, 0.29) is 32.0 Å². The Bertz CT molecular complexity index is 757. The van der Waals surface area contributed by atoms with Gasteiger partial charge in [0.15, 0.2) is 0 Å². The average Bonchev–Trinajstić information content (AvgIpc) is 2.44. The van der Waals surface area contributed by atoms with Gasteiger partial charge in [-0.2, -0.15) is 0 Å². The Morgan fingerprint density at radius 1 is 1.14 bits per heavy atom. The van der Waals surface area contributed by atoms with E-state index in [4.69, 9.17) is 40.5 Å². The fourth-order valence-electron chi connectivity index (χ4n) is 1.70. The van der Waals surface area contributed by atoms with Crippen molar-refractivity contribution in [2.75, 3.05) is 11.1 Å². The molecule has 2 aromatic rings. The molecule has 1 amide bonds. The monoisotopic (exact) mass is 359 g/mol. The molecule has 2 rings (SSSR count). The quantitative estimate of drug-likeness (QED) is 0.482. The third kappa shape index (κ3) is 3.41. The first-order valence-corrected chi connectivity index (χ1v) is 6.93. The molecule has 114 valence electrons. The van der Waals surface area contributed by atoms with Crippen molar-refractivity contribution in [3.05, 3.63) is 61.1 Å². The first kappa shape index (κ1) is 16.4. The Balaban J connectivity index is 2.36. The van der Waals surface area contributed by atoms with E-state index in [9.17, 15) is 14.9 Å². The van der Waals surface area contributed by atoms with Gasteiger partial charge in [0.05, 0.1) is 20.7 Å². The molecule has 2 aromatic carbocycles. The van der Waals surface area contributed by atoms with Crippen LogP contribution in [0.1, 0.15) is 10.4 Å². The highest BCUT2D eigenvalue weighted by atomic mass is 35.5. The van der Waals surface area contributed by atoms with Crippen LogP contribution in [-0.4, -0.2) is 10.8 Å². The van der Waals surface area contributed by atoms with Crippen LogP contribution in [0, 0.1) is 10.1 Å². The minimum absolute atomic E-state index is 0.140. The van der Waals surface area contributed by atoms with E-state index in [1.54, 1.807) is 0 Å². The van der Waals surface area contributed by atoms with Crippen molar-refractivity contribution in [3.8, 4) is 0 Å². The molecule has 0 saturated heterocycles. The summed E-state index contributed by atoms with van der Waals surface area (Å²) in [6.45, 7) is 0. The van der Waals surface area contributed by atoms with E-state index in [1.165, 1.54) is 24.3 Å². The summed E-state index contributed by atoms with van der Waals surface area (Å²) in [6, 6.07) is 6.52. The summed E-state index contributed by atoms with van der Waals surface area (Å²) in [6.07, 6.45) is 0. The van der Waals surface area contributed by atoms with Crippen molar-refractivity contribution in [2.24, 2.45) is 0 Å². The second-order valence-corrected chi connectivity index (χ2v) is 5.48. The van der Waals surface area contributed by atoms with Gasteiger partial charge in [0.2, 0.25) is 0 Å². The van der Waals surface area contributed by atoms with Crippen LogP contribution < -0.4 is 11.1 Å². The first-order valence-electron chi connectivity index (χ1n) is 5.79. The van der Waals surface area contributed by atoms with Crippen LogP contribution in [0.3, 0.4) is 0 Å². The molecular weight excluding hydrogens is 353 g/mol. The van der Waals surface area contributed by atoms with E-state index in [0.717, 1.165) is 6.07 Å². The summed E-state index contributed by atoms with van der Waals surface area (Å²) in [7, 11) is 0. The van der Waals surface area contributed by atoms with E-state index < -0.39 is 16.5 Å². The molecule has 0 bridgehead atoms. The normalized spacial score (nSPS) is 10.3. The van der Waals surface area contributed by atoms with Crippen molar-refractivity contribution >= 4 is 57.8 Å². The molecule has 0 radical (unpaired) electrons. The van der Waals surface area contributed by atoms with E-state index >= 15 is 0 Å².